The molecule has 20 heavy (non-hydrogen) atoms. The van der Waals surface area contributed by atoms with E-state index in [0.29, 0.717) is 12.5 Å². The van der Waals surface area contributed by atoms with Gasteiger partial charge in [-0.3, -0.25) is 10.1 Å². The number of nitro benzene ring substituents is 1. The molecule has 4 nitrogen and oxygen atoms in total. The van der Waals surface area contributed by atoms with E-state index in [1.807, 2.05) is 0 Å². The van der Waals surface area contributed by atoms with Crippen LogP contribution in [0.15, 0.2) is 18.2 Å². The van der Waals surface area contributed by atoms with Crippen LogP contribution in [0.25, 0.3) is 0 Å². The van der Waals surface area contributed by atoms with Crippen molar-refractivity contribution < 1.29 is 9.66 Å². The third kappa shape index (κ3) is 3.70. The van der Waals surface area contributed by atoms with Crippen LogP contribution in [0.2, 0.25) is 5.02 Å². The Morgan fingerprint density at radius 1 is 1.40 bits per heavy atom. The van der Waals surface area contributed by atoms with Crippen molar-refractivity contribution in [3.8, 4) is 0 Å². The standard InChI is InChI=1S/C15H20ClNO3/c1-2-12-5-3-4-6-15(12)20-10-11-7-8-13(16)14(9-11)17(18)19/h7-9,12,15H,2-6,10H2,1H3. The molecule has 1 aromatic rings. The van der Waals surface area contributed by atoms with Crippen LogP contribution < -0.4 is 0 Å². The van der Waals surface area contributed by atoms with E-state index >= 15 is 0 Å². The molecule has 2 atom stereocenters. The Hall–Kier alpha value is -1.13. The van der Waals surface area contributed by atoms with E-state index < -0.39 is 4.92 Å². The number of rotatable bonds is 5. The molecular weight excluding hydrogens is 278 g/mol. The summed E-state index contributed by atoms with van der Waals surface area (Å²) >= 11 is 5.80. The van der Waals surface area contributed by atoms with E-state index in [1.54, 1.807) is 12.1 Å². The smallest absolute Gasteiger partial charge is 0.288 e. The molecule has 2 unspecified atom stereocenters. The van der Waals surface area contributed by atoms with Crippen molar-refractivity contribution in [3.63, 3.8) is 0 Å². The number of hydrogen-bond donors (Lipinski definition) is 0. The van der Waals surface area contributed by atoms with E-state index in [0.717, 1.165) is 18.4 Å². The highest BCUT2D eigenvalue weighted by Gasteiger charge is 2.24. The number of halogens is 1. The first-order chi connectivity index (χ1) is 9.61. The lowest BCUT2D eigenvalue weighted by atomic mass is 9.85. The number of benzene rings is 1. The molecule has 2 rings (SSSR count). The van der Waals surface area contributed by atoms with Crippen LogP contribution in [0, 0.1) is 16.0 Å². The molecule has 5 heteroatoms. The number of hydrogen-bond acceptors (Lipinski definition) is 3. The van der Waals surface area contributed by atoms with Gasteiger partial charge in [0.2, 0.25) is 0 Å². The van der Waals surface area contributed by atoms with E-state index in [4.69, 9.17) is 16.3 Å². The van der Waals surface area contributed by atoms with Crippen molar-refractivity contribution in [2.75, 3.05) is 0 Å². The van der Waals surface area contributed by atoms with Gasteiger partial charge >= 0.3 is 0 Å². The van der Waals surface area contributed by atoms with Crippen LogP contribution in [-0.4, -0.2) is 11.0 Å². The zero-order valence-corrected chi connectivity index (χ0v) is 12.4. The van der Waals surface area contributed by atoms with Crippen LogP contribution >= 0.6 is 11.6 Å². The average molecular weight is 298 g/mol. The highest BCUT2D eigenvalue weighted by molar-refractivity contribution is 6.32. The fraction of sp³-hybridized carbons (Fsp3) is 0.600. The zero-order chi connectivity index (χ0) is 14.5. The monoisotopic (exact) mass is 297 g/mol. The Morgan fingerprint density at radius 2 is 2.15 bits per heavy atom. The minimum absolute atomic E-state index is 0.0524. The summed E-state index contributed by atoms with van der Waals surface area (Å²) in [5.41, 5.74) is 0.755. The molecule has 0 spiro atoms. The van der Waals surface area contributed by atoms with E-state index in [-0.39, 0.29) is 16.8 Å². The predicted octanol–water partition coefficient (Wildman–Crippen LogP) is 4.73. The number of nitrogens with zero attached hydrogens (tertiary/aromatic N) is 1. The van der Waals surface area contributed by atoms with Gasteiger partial charge in [-0.1, -0.05) is 43.9 Å². The molecule has 0 saturated heterocycles. The van der Waals surface area contributed by atoms with Crippen LogP contribution in [0.5, 0.6) is 0 Å². The predicted molar refractivity (Wildman–Crippen MR) is 78.9 cm³/mol. The molecule has 0 N–H and O–H groups in total. The average Bonchev–Trinajstić information content (AvgIpc) is 2.46. The first-order valence-corrected chi connectivity index (χ1v) is 7.54. The van der Waals surface area contributed by atoms with Gasteiger partial charge in [-0.2, -0.15) is 0 Å². The molecule has 1 aromatic carbocycles. The van der Waals surface area contributed by atoms with Crippen molar-refractivity contribution in [1.29, 1.82) is 0 Å². The molecule has 0 aliphatic heterocycles. The SMILES string of the molecule is CCC1CCCCC1OCc1ccc(Cl)c([N+](=O)[O-])c1. The second-order valence-corrected chi connectivity index (χ2v) is 5.75. The van der Waals surface area contributed by atoms with Gasteiger partial charge in [-0.15, -0.1) is 0 Å². The topological polar surface area (TPSA) is 52.4 Å². The lowest BCUT2D eigenvalue weighted by Crippen LogP contribution is -2.27. The normalized spacial score (nSPS) is 22.7. The van der Waals surface area contributed by atoms with Crippen LogP contribution in [0.1, 0.15) is 44.6 Å². The lowest BCUT2D eigenvalue weighted by Gasteiger charge is -2.30. The molecule has 0 amide bonds. The highest BCUT2D eigenvalue weighted by atomic mass is 35.5. The van der Waals surface area contributed by atoms with E-state index in [1.165, 1.54) is 25.3 Å². The highest BCUT2D eigenvalue weighted by Crippen LogP contribution is 2.30. The van der Waals surface area contributed by atoms with Crippen molar-refractivity contribution in [2.45, 2.75) is 51.7 Å². The van der Waals surface area contributed by atoms with Gasteiger partial charge in [0.05, 0.1) is 17.6 Å². The first-order valence-electron chi connectivity index (χ1n) is 7.16. The molecule has 1 aliphatic rings. The van der Waals surface area contributed by atoms with Crippen molar-refractivity contribution in [3.05, 3.63) is 38.9 Å². The molecule has 0 aromatic heterocycles. The fourth-order valence-electron chi connectivity index (χ4n) is 2.85. The molecule has 0 bridgehead atoms. The summed E-state index contributed by atoms with van der Waals surface area (Å²) in [5.74, 6) is 0.617. The summed E-state index contributed by atoms with van der Waals surface area (Å²) in [6, 6.07) is 4.86. The molecule has 0 radical (unpaired) electrons. The largest absolute Gasteiger partial charge is 0.373 e. The second kappa shape index (κ2) is 7.04. The van der Waals surface area contributed by atoms with Crippen molar-refractivity contribution in [1.82, 2.24) is 0 Å². The van der Waals surface area contributed by atoms with Gasteiger partial charge in [-0.25, -0.2) is 0 Å². The summed E-state index contributed by atoms with van der Waals surface area (Å²) in [6.45, 7) is 2.61. The Kier molecular flexibility index (Phi) is 5.38. The molecule has 1 fully saturated rings. The minimum Gasteiger partial charge on any atom is -0.373 e. The van der Waals surface area contributed by atoms with Gasteiger partial charge in [0.25, 0.3) is 5.69 Å². The Labute approximate surface area is 124 Å². The molecule has 1 saturated carbocycles. The fourth-order valence-corrected chi connectivity index (χ4v) is 3.04. The molecular formula is C15H20ClNO3. The lowest BCUT2D eigenvalue weighted by molar-refractivity contribution is -0.384. The zero-order valence-electron chi connectivity index (χ0n) is 11.7. The Bertz CT molecular complexity index is 478. The van der Waals surface area contributed by atoms with Gasteiger partial charge in [0, 0.05) is 6.07 Å². The van der Waals surface area contributed by atoms with Gasteiger partial charge in [-0.05, 0) is 30.4 Å². The van der Waals surface area contributed by atoms with Crippen molar-refractivity contribution >= 4 is 17.3 Å². The Morgan fingerprint density at radius 3 is 2.85 bits per heavy atom. The first kappa shape index (κ1) is 15.3. The van der Waals surface area contributed by atoms with Crippen LogP contribution in [0.3, 0.4) is 0 Å². The number of ether oxygens (including phenoxy) is 1. The third-order valence-corrected chi connectivity index (χ3v) is 4.35. The summed E-state index contributed by atoms with van der Waals surface area (Å²) in [7, 11) is 0. The minimum atomic E-state index is -0.457. The quantitative estimate of drug-likeness (QED) is 0.583. The maximum atomic E-state index is 10.9. The van der Waals surface area contributed by atoms with Crippen LogP contribution in [0.4, 0.5) is 5.69 Å². The van der Waals surface area contributed by atoms with Gasteiger partial charge < -0.3 is 4.74 Å². The summed E-state index contributed by atoms with van der Waals surface area (Å²) in [5, 5.41) is 11.0. The molecule has 0 heterocycles. The van der Waals surface area contributed by atoms with Crippen LogP contribution in [-0.2, 0) is 11.3 Å². The van der Waals surface area contributed by atoms with Crippen molar-refractivity contribution in [2.24, 2.45) is 5.92 Å². The van der Waals surface area contributed by atoms with E-state index in [9.17, 15) is 10.1 Å². The second-order valence-electron chi connectivity index (χ2n) is 5.35. The maximum Gasteiger partial charge on any atom is 0.288 e. The molecule has 110 valence electrons. The van der Waals surface area contributed by atoms with Gasteiger partial charge in [0.1, 0.15) is 5.02 Å². The van der Waals surface area contributed by atoms with Gasteiger partial charge in [0.15, 0.2) is 0 Å². The summed E-state index contributed by atoms with van der Waals surface area (Å²) in [6.07, 6.45) is 6.22. The molecule has 1 aliphatic carbocycles. The number of nitro groups is 1. The Balaban J connectivity index is 1.99. The maximum absolute atomic E-state index is 10.9. The summed E-state index contributed by atoms with van der Waals surface area (Å²) < 4.78 is 5.98. The summed E-state index contributed by atoms with van der Waals surface area (Å²) in [4.78, 5) is 10.4. The third-order valence-electron chi connectivity index (χ3n) is 4.04. The van der Waals surface area contributed by atoms with E-state index in [2.05, 4.69) is 6.92 Å².